The fourth-order valence-corrected chi connectivity index (χ4v) is 14.2. The first-order chi connectivity index (χ1) is 27.9. The predicted octanol–water partition coefficient (Wildman–Crippen LogP) is 14.5. The van der Waals surface area contributed by atoms with Crippen molar-refractivity contribution in [1.82, 2.24) is 0 Å². The van der Waals surface area contributed by atoms with E-state index < -0.39 is 0 Å². The standard InChI is InChI=1S/C57H71BNS/c1-34-35-16-15-17-38-39-29-44-45(57(14)25-24-56(44,13)33-57)32-49(39)60-50(38)58-46-30-42-43(55(11,12)23-22-54(42,9)10)31-48(46)59(47(34)27-36(26-35)51(2,3)4)37-18-19-40-41(28-37)53(7,8)21-20-52(40,5)6/h18-19,26-32H,15-17,20-25,33H2,1-14H3/t56?,57-/m1/s1. The number of thiophene rings is 1. The van der Waals surface area contributed by atoms with Crippen LogP contribution in [-0.4, -0.2) is 7.28 Å². The van der Waals surface area contributed by atoms with Crippen LogP contribution >= 0.6 is 11.3 Å². The van der Waals surface area contributed by atoms with Crippen molar-refractivity contribution in [2.75, 3.05) is 4.90 Å². The second-order valence-electron chi connectivity index (χ2n) is 24.7. The Morgan fingerprint density at radius 3 is 1.80 bits per heavy atom. The summed E-state index contributed by atoms with van der Waals surface area (Å²) in [6, 6.07) is 23.4. The molecule has 4 aromatic carbocycles. The summed E-state index contributed by atoms with van der Waals surface area (Å²) in [5.74, 6) is 0. The number of hydrogen-bond donors (Lipinski definition) is 0. The zero-order chi connectivity index (χ0) is 42.7. The molecule has 1 unspecified atom stereocenters. The summed E-state index contributed by atoms with van der Waals surface area (Å²) in [6.45, 7) is 34.6. The van der Waals surface area contributed by atoms with Crippen LogP contribution in [-0.2, 0) is 50.7 Å². The fourth-order valence-electron chi connectivity index (χ4n) is 13.0. The molecule has 10 rings (SSSR count). The van der Waals surface area contributed by atoms with Gasteiger partial charge < -0.3 is 4.90 Å². The maximum absolute atomic E-state index is 2.73. The number of rotatable bonds is 1. The summed E-state index contributed by atoms with van der Waals surface area (Å²) in [6.07, 6.45) is 12.1. The van der Waals surface area contributed by atoms with E-state index >= 15 is 0 Å². The third-order valence-electron chi connectivity index (χ3n) is 17.4. The summed E-state index contributed by atoms with van der Waals surface area (Å²) >= 11 is 2.07. The second kappa shape index (κ2) is 12.9. The van der Waals surface area contributed by atoms with E-state index in [0.717, 1.165) is 19.3 Å². The normalized spacial score (nSPS) is 25.6. The van der Waals surface area contributed by atoms with Crippen molar-refractivity contribution in [3.05, 3.63) is 110 Å². The lowest BCUT2D eigenvalue weighted by Gasteiger charge is -2.44. The van der Waals surface area contributed by atoms with E-state index in [9.17, 15) is 0 Å². The van der Waals surface area contributed by atoms with Crippen LogP contribution in [0.25, 0.3) is 10.1 Å². The molecule has 4 bridgehead atoms. The Morgan fingerprint density at radius 2 is 1.17 bits per heavy atom. The van der Waals surface area contributed by atoms with E-state index in [1.165, 1.54) is 121 Å². The Kier molecular flexibility index (Phi) is 8.76. The summed E-state index contributed by atoms with van der Waals surface area (Å²) < 4.78 is 2.96. The van der Waals surface area contributed by atoms with Gasteiger partial charge in [0.2, 0.25) is 7.28 Å². The van der Waals surface area contributed by atoms with Crippen molar-refractivity contribution >= 4 is 56.0 Å². The van der Waals surface area contributed by atoms with Gasteiger partial charge in [0.1, 0.15) is 0 Å². The van der Waals surface area contributed by atoms with Crippen LogP contribution in [0.2, 0.25) is 0 Å². The second-order valence-corrected chi connectivity index (χ2v) is 25.8. The Bertz CT molecular complexity index is 2620. The van der Waals surface area contributed by atoms with Gasteiger partial charge in [-0.05, 0) is 211 Å². The van der Waals surface area contributed by atoms with Crippen LogP contribution in [0.3, 0.4) is 0 Å². The van der Waals surface area contributed by atoms with Gasteiger partial charge in [-0.3, -0.25) is 0 Å². The van der Waals surface area contributed by atoms with Crippen LogP contribution in [0.5, 0.6) is 0 Å². The van der Waals surface area contributed by atoms with E-state index in [-0.39, 0.29) is 27.1 Å². The highest BCUT2D eigenvalue weighted by molar-refractivity contribution is 7.28. The van der Waals surface area contributed by atoms with Gasteiger partial charge in [-0.25, -0.2) is 0 Å². The Morgan fingerprint density at radius 1 is 0.583 bits per heavy atom. The van der Waals surface area contributed by atoms with E-state index in [1.54, 1.807) is 16.7 Å². The van der Waals surface area contributed by atoms with Crippen LogP contribution in [0.1, 0.15) is 197 Å². The van der Waals surface area contributed by atoms with E-state index in [2.05, 4.69) is 175 Å². The van der Waals surface area contributed by atoms with Crippen molar-refractivity contribution in [3.8, 4) is 0 Å². The minimum Gasteiger partial charge on any atom is -0.311 e. The minimum atomic E-state index is 0.0157. The van der Waals surface area contributed by atoms with Crippen LogP contribution < -0.4 is 15.1 Å². The lowest BCUT2D eigenvalue weighted by Crippen LogP contribution is -2.39. The van der Waals surface area contributed by atoms with Crippen molar-refractivity contribution in [2.24, 2.45) is 0 Å². The summed E-state index contributed by atoms with van der Waals surface area (Å²) in [7, 11) is 2.65. The molecule has 5 aromatic rings. The van der Waals surface area contributed by atoms with Gasteiger partial charge in [-0.15, -0.1) is 0 Å². The van der Waals surface area contributed by atoms with Crippen molar-refractivity contribution < 1.29 is 0 Å². The number of anilines is 3. The molecule has 1 aliphatic heterocycles. The summed E-state index contributed by atoms with van der Waals surface area (Å²) in [4.78, 5) is 2.73. The van der Waals surface area contributed by atoms with Crippen molar-refractivity contribution in [1.29, 1.82) is 0 Å². The highest BCUT2D eigenvalue weighted by atomic mass is 32.1. The molecule has 4 aliphatic carbocycles. The van der Waals surface area contributed by atoms with Gasteiger partial charge in [0.25, 0.3) is 0 Å². The molecule has 0 saturated heterocycles. The van der Waals surface area contributed by atoms with Crippen LogP contribution in [0, 0.1) is 6.92 Å². The molecule has 1 nitrogen and oxygen atoms in total. The highest BCUT2D eigenvalue weighted by Gasteiger charge is 2.53. The van der Waals surface area contributed by atoms with Crippen molar-refractivity contribution in [3.63, 3.8) is 0 Å². The van der Waals surface area contributed by atoms with Crippen LogP contribution in [0.4, 0.5) is 17.1 Å². The third kappa shape index (κ3) is 6.11. The SMILES string of the molecule is Cc1c2cc(C(C)(C)C)cc1N(c1ccc3c(c1)C(C)(C)CCC3(C)C)c1cc3c(cc1[B]c1sc4cc5c(cc4c1CCC2)C1(C)CC[C@]5(C)C1)C(C)(C)CCC3(C)C. The molecular formula is C57H71BNS. The molecule has 313 valence electrons. The van der Waals surface area contributed by atoms with Crippen LogP contribution in [0.15, 0.2) is 54.6 Å². The third-order valence-corrected chi connectivity index (χ3v) is 18.5. The number of benzene rings is 4. The molecule has 0 amide bonds. The number of nitrogens with zero attached hydrogens (tertiary/aromatic N) is 1. The highest BCUT2D eigenvalue weighted by Crippen LogP contribution is 2.61. The Balaban J connectivity index is 1.29. The van der Waals surface area contributed by atoms with E-state index in [1.807, 2.05) is 0 Å². The minimum absolute atomic E-state index is 0.0157. The van der Waals surface area contributed by atoms with Crippen molar-refractivity contribution in [2.45, 2.75) is 199 Å². The molecule has 1 saturated carbocycles. The van der Waals surface area contributed by atoms with Gasteiger partial charge >= 0.3 is 0 Å². The molecule has 1 radical (unpaired) electrons. The number of fused-ring (bicyclic) bond motifs is 13. The first-order valence-corrected chi connectivity index (χ1v) is 24.5. The maximum Gasteiger partial charge on any atom is 0.208 e. The molecule has 0 spiro atoms. The molecule has 2 atom stereocenters. The van der Waals surface area contributed by atoms with E-state index in [4.69, 9.17) is 0 Å². The molecule has 5 aliphatic rings. The van der Waals surface area contributed by atoms with E-state index in [0.29, 0.717) is 10.8 Å². The average molecular weight is 813 g/mol. The zero-order valence-electron chi connectivity index (χ0n) is 39.7. The zero-order valence-corrected chi connectivity index (χ0v) is 40.5. The lowest BCUT2D eigenvalue weighted by atomic mass is 9.59. The monoisotopic (exact) mass is 813 g/mol. The fraction of sp³-hybridized carbons (Fsp3) is 0.544. The first-order valence-electron chi connectivity index (χ1n) is 23.6. The van der Waals surface area contributed by atoms with Gasteiger partial charge in [0.05, 0.1) is 0 Å². The number of hydrogen-bond acceptors (Lipinski definition) is 2. The molecule has 0 N–H and O–H groups in total. The smallest absolute Gasteiger partial charge is 0.208 e. The van der Waals surface area contributed by atoms with Gasteiger partial charge in [0.15, 0.2) is 0 Å². The largest absolute Gasteiger partial charge is 0.311 e. The molecule has 60 heavy (non-hydrogen) atoms. The predicted molar refractivity (Wildman–Crippen MR) is 263 cm³/mol. The molecule has 2 heterocycles. The summed E-state index contributed by atoms with van der Waals surface area (Å²) in [5, 5.41) is 1.53. The molecule has 1 aromatic heterocycles. The summed E-state index contributed by atoms with van der Waals surface area (Å²) in [5.41, 5.74) is 21.8. The Hall–Kier alpha value is -3.30. The topological polar surface area (TPSA) is 3.24 Å². The average Bonchev–Trinajstić information content (AvgIpc) is 3.75. The molecular weight excluding hydrogens is 742 g/mol. The van der Waals surface area contributed by atoms with Gasteiger partial charge in [-0.2, -0.15) is 11.3 Å². The molecule has 1 fully saturated rings. The maximum atomic E-state index is 2.73. The first kappa shape index (κ1) is 40.8. The number of aryl methyl sites for hydroxylation is 2. The quantitative estimate of drug-likeness (QED) is 0.152. The van der Waals surface area contributed by atoms with Gasteiger partial charge in [0, 0.05) is 21.8 Å². The molecule has 3 heteroatoms. The van der Waals surface area contributed by atoms with Gasteiger partial charge in [-0.1, -0.05) is 114 Å². The Labute approximate surface area is 368 Å². The lowest BCUT2D eigenvalue weighted by molar-refractivity contribution is 0.332.